The second-order valence-corrected chi connectivity index (χ2v) is 7.80. The van der Waals surface area contributed by atoms with Gasteiger partial charge in [-0.05, 0) is 46.5 Å². The number of nitrogens with zero attached hydrogens (tertiary/aromatic N) is 1. The van der Waals surface area contributed by atoms with Gasteiger partial charge in [-0.3, -0.25) is 9.69 Å². The van der Waals surface area contributed by atoms with E-state index in [9.17, 15) is 4.79 Å². The van der Waals surface area contributed by atoms with Gasteiger partial charge in [0.2, 0.25) is 0 Å². The lowest BCUT2D eigenvalue weighted by Gasteiger charge is -2.34. The molecule has 1 amide bonds. The maximum atomic E-state index is 12.8. The standard InChI is InChI=1S/C22H24N2O3S/c1-26-19-7-6-16-13-18(5-4-17(16)14-19)22(25)23-15-20(21-3-2-12-28-21)24-8-10-27-11-9-24/h2-7,12-14,20H,8-11,15H2,1H3,(H,23,25). The van der Waals surface area contributed by atoms with Gasteiger partial charge in [0.15, 0.2) is 0 Å². The zero-order valence-corrected chi connectivity index (χ0v) is 16.7. The number of nitrogens with one attached hydrogen (secondary N) is 1. The molecule has 3 aromatic rings. The molecule has 0 bridgehead atoms. The van der Waals surface area contributed by atoms with Gasteiger partial charge in [0.05, 0.1) is 26.4 Å². The van der Waals surface area contributed by atoms with E-state index in [0.717, 1.165) is 42.8 Å². The van der Waals surface area contributed by atoms with Gasteiger partial charge >= 0.3 is 0 Å². The molecule has 0 radical (unpaired) electrons. The summed E-state index contributed by atoms with van der Waals surface area (Å²) in [5, 5.41) is 7.30. The third-order valence-corrected chi connectivity index (χ3v) is 6.10. The number of ether oxygens (including phenoxy) is 2. The van der Waals surface area contributed by atoms with Crippen molar-refractivity contribution in [3.05, 3.63) is 64.4 Å². The van der Waals surface area contributed by atoms with E-state index in [-0.39, 0.29) is 11.9 Å². The molecular weight excluding hydrogens is 372 g/mol. The van der Waals surface area contributed by atoms with Crippen LogP contribution >= 0.6 is 11.3 Å². The normalized spacial score (nSPS) is 16.0. The Morgan fingerprint density at radius 3 is 2.71 bits per heavy atom. The molecule has 0 saturated carbocycles. The molecule has 1 atom stereocenters. The van der Waals surface area contributed by atoms with Crippen LogP contribution in [-0.4, -0.2) is 50.8 Å². The Morgan fingerprint density at radius 2 is 1.96 bits per heavy atom. The Balaban J connectivity index is 1.48. The first-order valence-corrected chi connectivity index (χ1v) is 10.3. The van der Waals surface area contributed by atoms with Crippen molar-refractivity contribution < 1.29 is 14.3 Å². The Morgan fingerprint density at radius 1 is 1.18 bits per heavy atom. The van der Waals surface area contributed by atoms with Crippen LogP contribution in [0.15, 0.2) is 53.9 Å². The zero-order valence-electron chi connectivity index (χ0n) is 15.9. The van der Waals surface area contributed by atoms with Gasteiger partial charge in [-0.25, -0.2) is 0 Å². The van der Waals surface area contributed by atoms with Crippen molar-refractivity contribution in [2.45, 2.75) is 6.04 Å². The molecule has 6 heteroatoms. The van der Waals surface area contributed by atoms with Crippen LogP contribution in [0.25, 0.3) is 10.8 Å². The zero-order chi connectivity index (χ0) is 19.3. The third-order valence-electron chi connectivity index (χ3n) is 5.12. The fourth-order valence-corrected chi connectivity index (χ4v) is 4.42. The second-order valence-electron chi connectivity index (χ2n) is 6.82. The van der Waals surface area contributed by atoms with Crippen molar-refractivity contribution in [2.75, 3.05) is 40.0 Å². The minimum Gasteiger partial charge on any atom is -0.497 e. The largest absolute Gasteiger partial charge is 0.497 e. The average molecular weight is 397 g/mol. The first-order chi connectivity index (χ1) is 13.7. The topological polar surface area (TPSA) is 50.8 Å². The SMILES string of the molecule is COc1ccc2cc(C(=O)NCC(c3cccs3)N3CCOCC3)ccc2c1. The van der Waals surface area contributed by atoms with E-state index in [1.165, 1.54) is 4.88 Å². The highest BCUT2D eigenvalue weighted by Gasteiger charge is 2.24. The van der Waals surface area contributed by atoms with Crippen LogP contribution in [0.5, 0.6) is 5.75 Å². The highest BCUT2D eigenvalue weighted by molar-refractivity contribution is 7.10. The lowest BCUT2D eigenvalue weighted by atomic mass is 10.1. The molecule has 1 unspecified atom stereocenters. The van der Waals surface area contributed by atoms with Gasteiger partial charge in [0.25, 0.3) is 5.91 Å². The van der Waals surface area contributed by atoms with E-state index in [1.54, 1.807) is 18.4 Å². The van der Waals surface area contributed by atoms with Gasteiger partial charge in [-0.1, -0.05) is 18.2 Å². The van der Waals surface area contributed by atoms with Gasteiger partial charge < -0.3 is 14.8 Å². The van der Waals surface area contributed by atoms with Crippen LogP contribution in [0.1, 0.15) is 21.3 Å². The van der Waals surface area contributed by atoms with Crippen molar-refractivity contribution >= 4 is 28.0 Å². The summed E-state index contributed by atoms with van der Waals surface area (Å²) >= 11 is 1.73. The minimum atomic E-state index is -0.0486. The summed E-state index contributed by atoms with van der Waals surface area (Å²) in [6.45, 7) is 3.83. The van der Waals surface area contributed by atoms with E-state index in [0.29, 0.717) is 12.1 Å². The Bertz CT molecular complexity index is 936. The molecule has 1 saturated heterocycles. The summed E-state index contributed by atoms with van der Waals surface area (Å²) in [6.07, 6.45) is 0. The fourth-order valence-electron chi connectivity index (χ4n) is 3.56. The lowest BCUT2D eigenvalue weighted by molar-refractivity contribution is 0.0169. The Hall–Kier alpha value is -2.41. The number of rotatable bonds is 6. The van der Waals surface area contributed by atoms with Crippen LogP contribution in [-0.2, 0) is 4.74 Å². The molecule has 2 heterocycles. The summed E-state index contributed by atoms with van der Waals surface area (Å²) in [4.78, 5) is 16.5. The van der Waals surface area contributed by atoms with Crippen LogP contribution < -0.4 is 10.1 Å². The molecular formula is C22H24N2O3S. The minimum absolute atomic E-state index is 0.0486. The molecule has 2 aromatic carbocycles. The highest BCUT2D eigenvalue weighted by Crippen LogP contribution is 2.26. The molecule has 5 nitrogen and oxygen atoms in total. The number of methoxy groups -OCH3 is 1. The molecule has 1 N–H and O–H groups in total. The maximum absolute atomic E-state index is 12.8. The molecule has 1 aromatic heterocycles. The molecule has 1 fully saturated rings. The molecule has 0 aliphatic carbocycles. The van der Waals surface area contributed by atoms with Crippen molar-refractivity contribution in [3.8, 4) is 5.75 Å². The van der Waals surface area contributed by atoms with E-state index >= 15 is 0 Å². The number of thiophene rings is 1. The monoisotopic (exact) mass is 396 g/mol. The maximum Gasteiger partial charge on any atom is 0.251 e. The van der Waals surface area contributed by atoms with Crippen molar-refractivity contribution in [2.24, 2.45) is 0 Å². The summed E-state index contributed by atoms with van der Waals surface area (Å²) in [5.74, 6) is 0.765. The van der Waals surface area contributed by atoms with Crippen molar-refractivity contribution in [1.82, 2.24) is 10.2 Å². The molecule has 0 spiro atoms. The molecule has 4 rings (SSSR count). The number of amides is 1. The number of hydrogen-bond donors (Lipinski definition) is 1. The molecule has 1 aliphatic rings. The smallest absolute Gasteiger partial charge is 0.251 e. The molecule has 1 aliphatic heterocycles. The van der Waals surface area contributed by atoms with E-state index < -0.39 is 0 Å². The highest BCUT2D eigenvalue weighted by atomic mass is 32.1. The molecule has 146 valence electrons. The third kappa shape index (κ3) is 4.19. The van der Waals surface area contributed by atoms with Gasteiger partial charge in [-0.15, -0.1) is 11.3 Å². The van der Waals surface area contributed by atoms with Crippen LogP contribution in [0, 0.1) is 0 Å². The lowest BCUT2D eigenvalue weighted by Crippen LogP contribution is -2.43. The molecule has 28 heavy (non-hydrogen) atoms. The summed E-state index contributed by atoms with van der Waals surface area (Å²) in [7, 11) is 1.65. The first-order valence-electron chi connectivity index (χ1n) is 9.46. The quantitative estimate of drug-likeness (QED) is 0.690. The van der Waals surface area contributed by atoms with Crippen LogP contribution in [0.4, 0.5) is 0 Å². The van der Waals surface area contributed by atoms with E-state index in [4.69, 9.17) is 9.47 Å². The fraction of sp³-hybridized carbons (Fsp3) is 0.318. The average Bonchev–Trinajstić information content (AvgIpc) is 3.28. The number of carbonyl (C=O) groups excluding carboxylic acids is 1. The van der Waals surface area contributed by atoms with Gasteiger partial charge in [-0.2, -0.15) is 0 Å². The number of benzene rings is 2. The van der Waals surface area contributed by atoms with Crippen LogP contribution in [0.2, 0.25) is 0 Å². The van der Waals surface area contributed by atoms with Gasteiger partial charge in [0.1, 0.15) is 5.75 Å². The number of carbonyl (C=O) groups is 1. The number of morpholine rings is 1. The predicted octanol–water partition coefficient (Wildman–Crippen LogP) is 3.71. The van der Waals surface area contributed by atoms with E-state index in [1.807, 2.05) is 36.4 Å². The predicted molar refractivity (Wildman–Crippen MR) is 112 cm³/mol. The second kappa shape index (κ2) is 8.73. The summed E-state index contributed by atoms with van der Waals surface area (Å²) in [5.41, 5.74) is 0.671. The van der Waals surface area contributed by atoms with Crippen LogP contribution in [0.3, 0.4) is 0 Å². The van der Waals surface area contributed by atoms with Gasteiger partial charge in [0, 0.05) is 30.1 Å². The van der Waals surface area contributed by atoms with Crippen molar-refractivity contribution in [1.29, 1.82) is 0 Å². The van der Waals surface area contributed by atoms with Crippen molar-refractivity contribution in [3.63, 3.8) is 0 Å². The number of hydrogen-bond acceptors (Lipinski definition) is 5. The number of fused-ring (bicyclic) bond motifs is 1. The Labute approximate surface area is 168 Å². The first kappa shape index (κ1) is 18.9. The Kier molecular flexibility index (Phi) is 5.90. The summed E-state index contributed by atoms with van der Waals surface area (Å²) < 4.78 is 10.8. The summed E-state index contributed by atoms with van der Waals surface area (Å²) in [6, 6.07) is 16.0. The van der Waals surface area contributed by atoms with E-state index in [2.05, 4.69) is 27.7 Å².